The number of nitrogens with zero attached hydrogens (tertiary/aromatic N) is 1. The van der Waals surface area contributed by atoms with Gasteiger partial charge in [-0.2, -0.15) is 0 Å². The summed E-state index contributed by atoms with van der Waals surface area (Å²) in [4.78, 5) is 31.1. The SMILES string of the molecule is NC(=O)CCNc1cc(F)c(C(=O)O)cc1[N+](=O)[O-]. The number of nitro benzene ring substituents is 1. The van der Waals surface area contributed by atoms with Crippen molar-refractivity contribution in [1.82, 2.24) is 0 Å². The lowest BCUT2D eigenvalue weighted by atomic mass is 10.1. The molecule has 102 valence electrons. The topological polar surface area (TPSA) is 136 Å². The van der Waals surface area contributed by atoms with Crippen LogP contribution in [0.4, 0.5) is 15.8 Å². The molecule has 1 aromatic carbocycles. The van der Waals surface area contributed by atoms with E-state index in [1.807, 2.05) is 0 Å². The Kier molecular flexibility index (Phi) is 4.35. The van der Waals surface area contributed by atoms with Gasteiger partial charge in [0.2, 0.25) is 5.91 Å². The van der Waals surface area contributed by atoms with Crippen molar-refractivity contribution in [2.75, 3.05) is 11.9 Å². The van der Waals surface area contributed by atoms with Gasteiger partial charge in [-0.1, -0.05) is 0 Å². The number of carbonyl (C=O) groups excluding carboxylic acids is 1. The van der Waals surface area contributed by atoms with Gasteiger partial charge in [0.05, 0.1) is 4.92 Å². The van der Waals surface area contributed by atoms with E-state index in [9.17, 15) is 24.1 Å². The van der Waals surface area contributed by atoms with Gasteiger partial charge in [0.25, 0.3) is 5.69 Å². The van der Waals surface area contributed by atoms with Gasteiger partial charge in [0.1, 0.15) is 17.1 Å². The largest absolute Gasteiger partial charge is 0.478 e. The van der Waals surface area contributed by atoms with E-state index in [2.05, 4.69) is 5.32 Å². The maximum atomic E-state index is 13.4. The number of anilines is 1. The second-order valence-electron chi connectivity index (χ2n) is 3.55. The summed E-state index contributed by atoms with van der Waals surface area (Å²) in [5.41, 5.74) is 3.28. The molecule has 0 saturated carbocycles. The molecule has 0 saturated heterocycles. The Balaban J connectivity index is 3.09. The van der Waals surface area contributed by atoms with Crippen molar-refractivity contribution in [3.8, 4) is 0 Å². The standard InChI is InChI=1S/C10H10FN3O5/c11-6-4-7(13-2-1-9(12)15)8(14(18)19)3-5(6)10(16)17/h3-4,13H,1-2H2,(H2,12,15)(H,16,17). The number of aromatic carboxylic acids is 1. The number of amides is 1. The zero-order valence-electron chi connectivity index (χ0n) is 9.55. The van der Waals surface area contributed by atoms with Gasteiger partial charge in [-0.05, 0) is 0 Å². The second-order valence-corrected chi connectivity index (χ2v) is 3.55. The molecule has 1 amide bonds. The Morgan fingerprint density at radius 3 is 2.58 bits per heavy atom. The molecule has 0 aliphatic heterocycles. The molecule has 9 heteroatoms. The predicted octanol–water partition coefficient (Wildman–Crippen LogP) is 0.719. The zero-order chi connectivity index (χ0) is 14.6. The maximum absolute atomic E-state index is 13.4. The highest BCUT2D eigenvalue weighted by molar-refractivity contribution is 5.90. The van der Waals surface area contributed by atoms with E-state index in [0.717, 1.165) is 0 Å². The number of rotatable bonds is 6. The Labute approximate surface area is 106 Å². The molecule has 0 heterocycles. The number of nitro groups is 1. The van der Waals surface area contributed by atoms with Crippen molar-refractivity contribution in [3.05, 3.63) is 33.6 Å². The fourth-order valence-electron chi connectivity index (χ4n) is 1.34. The minimum atomic E-state index is -1.61. The smallest absolute Gasteiger partial charge is 0.338 e. The van der Waals surface area contributed by atoms with Crippen molar-refractivity contribution in [2.24, 2.45) is 5.73 Å². The number of carboxylic acid groups (broad SMARTS) is 1. The van der Waals surface area contributed by atoms with E-state index in [1.165, 1.54) is 0 Å². The number of nitrogens with two attached hydrogens (primary N) is 1. The average molecular weight is 271 g/mol. The molecular formula is C10H10FN3O5. The summed E-state index contributed by atoms with van der Waals surface area (Å²) in [6.45, 7) is -0.0258. The Bertz CT molecular complexity index is 546. The number of carbonyl (C=O) groups is 2. The van der Waals surface area contributed by atoms with Crippen molar-refractivity contribution >= 4 is 23.3 Å². The first-order valence-corrected chi connectivity index (χ1v) is 5.06. The van der Waals surface area contributed by atoms with E-state index in [-0.39, 0.29) is 18.7 Å². The first-order chi connectivity index (χ1) is 8.82. The number of hydrogen-bond donors (Lipinski definition) is 3. The van der Waals surface area contributed by atoms with Crippen LogP contribution in [-0.4, -0.2) is 28.5 Å². The molecule has 1 rings (SSSR count). The lowest BCUT2D eigenvalue weighted by Crippen LogP contribution is -2.16. The van der Waals surface area contributed by atoms with Crippen LogP contribution >= 0.6 is 0 Å². The first-order valence-electron chi connectivity index (χ1n) is 5.06. The second kappa shape index (κ2) is 5.76. The van der Waals surface area contributed by atoms with Crippen LogP contribution in [0.5, 0.6) is 0 Å². The Hall–Kier alpha value is -2.71. The molecule has 0 aromatic heterocycles. The number of carboxylic acids is 1. The number of primary amides is 1. The van der Waals surface area contributed by atoms with Crippen molar-refractivity contribution in [3.63, 3.8) is 0 Å². The van der Waals surface area contributed by atoms with Gasteiger partial charge in [-0.15, -0.1) is 0 Å². The summed E-state index contributed by atoms with van der Waals surface area (Å²) in [6, 6.07) is 1.31. The molecule has 0 spiro atoms. The number of hydrogen-bond acceptors (Lipinski definition) is 5. The minimum Gasteiger partial charge on any atom is -0.478 e. The lowest BCUT2D eigenvalue weighted by Gasteiger charge is -2.07. The first kappa shape index (κ1) is 14.4. The normalized spacial score (nSPS) is 9.95. The lowest BCUT2D eigenvalue weighted by molar-refractivity contribution is -0.384. The molecule has 19 heavy (non-hydrogen) atoms. The maximum Gasteiger partial charge on any atom is 0.338 e. The number of nitrogens with one attached hydrogen (secondary N) is 1. The van der Waals surface area contributed by atoms with Crippen LogP contribution < -0.4 is 11.1 Å². The van der Waals surface area contributed by atoms with Crippen LogP contribution in [0, 0.1) is 15.9 Å². The van der Waals surface area contributed by atoms with Gasteiger partial charge in [-0.25, -0.2) is 9.18 Å². The van der Waals surface area contributed by atoms with Crippen molar-refractivity contribution in [1.29, 1.82) is 0 Å². The van der Waals surface area contributed by atoms with Gasteiger partial charge in [0.15, 0.2) is 0 Å². The number of halogens is 1. The summed E-state index contributed by atoms with van der Waals surface area (Å²) < 4.78 is 13.4. The molecule has 8 nitrogen and oxygen atoms in total. The van der Waals surface area contributed by atoms with Gasteiger partial charge < -0.3 is 16.2 Å². The Morgan fingerprint density at radius 2 is 2.11 bits per heavy atom. The zero-order valence-corrected chi connectivity index (χ0v) is 9.55. The molecular weight excluding hydrogens is 261 g/mol. The summed E-state index contributed by atoms with van der Waals surface area (Å²) in [7, 11) is 0. The van der Waals surface area contributed by atoms with Crippen LogP contribution in [0.3, 0.4) is 0 Å². The summed E-state index contributed by atoms with van der Waals surface area (Å²) in [5.74, 6) is -3.35. The van der Waals surface area contributed by atoms with Crippen LogP contribution in [0.15, 0.2) is 12.1 Å². The molecule has 0 fully saturated rings. The van der Waals surface area contributed by atoms with Crippen LogP contribution in [0.25, 0.3) is 0 Å². The van der Waals surface area contributed by atoms with E-state index < -0.39 is 33.9 Å². The minimum absolute atomic E-state index is 0.0258. The molecule has 0 unspecified atom stereocenters. The third kappa shape index (κ3) is 3.63. The predicted molar refractivity (Wildman–Crippen MR) is 62.3 cm³/mol. The summed E-state index contributed by atoms with van der Waals surface area (Å²) in [5, 5.41) is 21.9. The van der Waals surface area contributed by atoms with Crippen LogP contribution in [0.1, 0.15) is 16.8 Å². The molecule has 4 N–H and O–H groups in total. The van der Waals surface area contributed by atoms with E-state index in [0.29, 0.717) is 12.1 Å². The highest BCUT2D eigenvalue weighted by Gasteiger charge is 2.21. The highest BCUT2D eigenvalue weighted by Crippen LogP contribution is 2.27. The average Bonchev–Trinajstić information content (AvgIpc) is 2.27. The fourth-order valence-corrected chi connectivity index (χ4v) is 1.34. The third-order valence-corrected chi connectivity index (χ3v) is 2.20. The van der Waals surface area contributed by atoms with Gasteiger partial charge >= 0.3 is 5.97 Å². The van der Waals surface area contributed by atoms with E-state index >= 15 is 0 Å². The monoisotopic (exact) mass is 271 g/mol. The van der Waals surface area contributed by atoms with Crippen molar-refractivity contribution < 1.29 is 24.0 Å². The molecule has 0 aliphatic rings. The van der Waals surface area contributed by atoms with E-state index in [4.69, 9.17) is 10.8 Å². The summed E-state index contributed by atoms with van der Waals surface area (Å²) in [6.07, 6.45) is -0.0978. The molecule has 1 aromatic rings. The van der Waals surface area contributed by atoms with Crippen molar-refractivity contribution in [2.45, 2.75) is 6.42 Å². The fraction of sp³-hybridized carbons (Fsp3) is 0.200. The molecule has 0 radical (unpaired) electrons. The van der Waals surface area contributed by atoms with Gasteiger partial charge in [-0.3, -0.25) is 14.9 Å². The third-order valence-electron chi connectivity index (χ3n) is 2.20. The number of benzene rings is 1. The molecule has 0 aliphatic carbocycles. The Morgan fingerprint density at radius 1 is 1.47 bits per heavy atom. The highest BCUT2D eigenvalue weighted by atomic mass is 19.1. The molecule has 0 atom stereocenters. The van der Waals surface area contributed by atoms with Gasteiger partial charge in [0, 0.05) is 25.1 Å². The molecule has 0 bridgehead atoms. The van der Waals surface area contributed by atoms with E-state index in [1.54, 1.807) is 0 Å². The van der Waals surface area contributed by atoms with Crippen LogP contribution in [0.2, 0.25) is 0 Å². The summed E-state index contributed by atoms with van der Waals surface area (Å²) >= 11 is 0. The quantitative estimate of drug-likeness (QED) is 0.515. The van der Waals surface area contributed by atoms with Crippen LogP contribution in [-0.2, 0) is 4.79 Å².